The molecule has 0 bridgehead atoms. The number of hydrogen-bond donors (Lipinski definition) is 6. The van der Waals surface area contributed by atoms with Crippen LogP contribution in [0.5, 0.6) is 12.0 Å². The van der Waals surface area contributed by atoms with Gasteiger partial charge >= 0.3 is 24.0 Å². The summed E-state index contributed by atoms with van der Waals surface area (Å²) in [4.78, 5) is 48.2. The predicted molar refractivity (Wildman–Crippen MR) is 228 cm³/mol. The van der Waals surface area contributed by atoms with Crippen molar-refractivity contribution in [2.24, 2.45) is 0 Å². The minimum atomic E-state index is -4.93. The van der Waals surface area contributed by atoms with Crippen molar-refractivity contribution in [2.45, 2.75) is 23.6 Å². The van der Waals surface area contributed by atoms with Gasteiger partial charge in [0.2, 0.25) is 23.8 Å². The van der Waals surface area contributed by atoms with E-state index in [0.717, 1.165) is 12.1 Å². The molecule has 4 aromatic carbocycles. The first-order valence-electron chi connectivity index (χ1n) is 17.8. The summed E-state index contributed by atoms with van der Waals surface area (Å²) in [6.07, 6.45) is 2.39. The van der Waals surface area contributed by atoms with Crippen molar-refractivity contribution in [3.8, 4) is 12.0 Å². The minimum Gasteiger partial charge on any atom is -0.387 e. The number of anilines is 8. The molecule has 0 atom stereocenters. The molecule has 0 spiro atoms. The second-order valence-electron chi connectivity index (χ2n) is 12.9. The lowest BCUT2D eigenvalue weighted by atomic mass is 10.1. The van der Waals surface area contributed by atoms with Crippen LogP contribution in [0.1, 0.15) is 25.0 Å². The van der Waals surface area contributed by atoms with Crippen molar-refractivity contribution in [3.63, 3.8) is 0 Å². The first-order chi connectivity index (χ1) is 29.4. The standard InChI is InChI=1S/C40H34N10O10S2/c1-23(2)33(51)59-39-47-35(41-27-11-7-5-8-12-27)45-37(49-39)43-29-19-17-25(31(21-29)61(53,54)55)15-16-26-18-20-30(22-32(26)62(56,57)58)44-38-46-36(42-28-13-9-6-10-14-28)48-40(50-38)60-34(52)24(3)4/h5-22H,1,3H2,2,4H3,(H,53,54,55)(H,56,57,58)(H2,41,43,45,47,49)(H2,42,44,46,48,50)/b16-15+. The van der Waals surface area contributed by atoms with Crippen LogP contribution in [0, 0.1) is 0 Å². The van der Waals surface area contributed by atoms with Gasteiger partial charge in [0.25, 0.3) is 20.2 Å². The van der Waals surface area contributed by atoms with Crippen LogP contribution in [0.25, 0.3) is 12.2 Å². The fourth-order valence-corrected chi connectivity index (χ4v) is 6.47. The summed E-state index contributed by atoms with van der Waals surface area (Å²) in [5, 5.41) is 11.5. The van der Waals surface area contributed by atoms with E-state index >= 15 is 0 Å². The van der Waals surface area contributed by atoms with Crippen molar-refractivity contribution in [3.05, 3.63) is 132 Å². The van der Waals surface area contributed by atoms with Gasteiger partial charge in [-0.25, -0.2) is 9.59 Å². The topological polar surface area (TPSA) is 287 Å². The molecule has 0 saturated carbocycles. The number of para-hydroxylation sites is 2. The first kappa shape index (κ1) is 43.7. The summed E-state index contributed by atoms with van der Waals surface area (Å²) in [5.41, 5.74) is 1.22. The Morgan fingerprint density at radius 1 is 0.516 bits per heavy atom. The Morgan fingerprint density at radius 2 is 0.839 bits per heavy atom. The van der Waals surface area contributed by atoms with E-state index in [1.165, 1.54) is 50.3 Å². The van der Waals surface area contributed by atoms with E-state index in [-0.39, 0.29) is 57.4 Å². The van der Waals surface area contributed by atoms with E-state index in [9.17, 15) is 35.5 Å². The molecular formula is C40H34N10O10S2. The van der Waals surface area contributed by atoms with E-state index < -0.39 is 54.0 Å². The molecule has 6 aromatic rings. The van der Waals surface area contributed by atoms with Gasteiger partial charge in [0.15, 0.2) is 0 Å². The third-order valence-corrected chi connectivity index (χ3v) is 9.71. The van der Waals surface area contributed by atoms with Crippen LogP contribution in [0.3, 0.4) is 0 Å². The number of nitrogens with zero attached hydrogens (tertiary/aromatic N) is 6. The second kappa shape index (κ2) is 18.6. The third kappa shape index (κ3) is 11.9. The maximum atomic E-state index is 12.6. The first-order valence-corrected chi connectivity index (χ1v) is 20.6. The maximum absolute atomic E-state index is 12.6. The molecule has 0 radical (unpaired) electrons. The Morgan fingerprint density at radius 3 is 1.15 bits per heavy atom. The number of carbonyl (C=O) groups excluding carboxylic acids is 2. The molecule has 6 rings (SSSR count). The fraction of sp³-hybridized carbons (Fsp3) is 0.0500. The highest BCUT2D eigenvalue weighted by atomic mass is 32.2. The smallest absolute Gasteiger partial charge is 0.340 e. The van der Waals surface area contributed by atoms with E-state index in [1.54, 1.807) is 60.7 Å². The van der Waals surface area contributed by atoms with Gasteiger partial charge in [-0.1, -0.05) is 73.8 Å². The lowest BCUT2D eigenvalue weighted by molar-refractivity contribution is -0.131. The summed E-state index contributed by atoms with van der Waals surface area (Å²) in [7, 11) is -9.86. The Hall–Kier alpha value is -7.92. The summed E-state index contributed by atoms with van der Waals surface area (Å²) < 4.78 is 81.4. The number of rotatable bonds is 16. The number of hydrogen-bond acceptors (Lipinski definition) is 18. The molecular weight excluding hydrogens is 845 g/mol. The van der Waals surface area contributed by atoms with Crippen LogP contribution in [0.4, 0.5) is 46.5 Å². The average molecular weight is 879 g/mol. The molecule has 22 heteroatoms. The Labute approximate surface area is 354 Å². The molecule has 2 aromatic heterocycles. The molecule has 0 fully saturated rings. The average Bonchev–Trinajstić information content (AvgIpc) is 3.20. The van der Waals surface area contributed by atoms with Crippen LogP contribution in [0.2, 0.25) is 0 Å². The van der Waals surface area contributed by atoms with E-state index in [4.69, 9.17) is 9.47 Å². The number of carbonyl (C=O) groups is 2. The molecule has 316 valence electrons. The van der Waals surface area contributed by atoms with Crippen LogP contribution >= 0.6 is 0 Å². The number of ether oxygens (including phenoxy) is 2. The highest BCUT2D eigenvalue weighted by molar-refractivity contribution is 7.86. The summed E-state index contributed by atoms with van der Waals surface area (Å²) in [5.74, 6) is -2.10. The molecule has 62 heavy (non-hydrogen) atoms. The SMILES string of the molecule is C=C(C)C(=O)Oc1nc(Nc2ccccc2)nc(Nc2ccc(/C=C/c3ccc(Nc4nc(Nc5ccccc5)nc(OC(=O)C(=C)C)n4)cc3S(=O)(=O)O)c(S(=O)(=O)O)c2)n1. The summed E-state index contributed by atoms with van der Waals surface area (Å²) in [6, 6.07) is 24.2. The lowest BCUT2D eigenvalue weighted by Gasteiger charge is -2.12. The van der Waals surface area contributed by atoms with Gasteiger partial charge in [0, 0.05) is 33.9 Å². The molecule has 6 N–H and O–H groups in total. The zero-order valence-electron chi connectivity index (χ0n) is 32.5. The van der Waals surface area contributed by atoms with Gasteiger partial charge in [-0.15, -0.1) is 0 Å². The fourth-order valence-electron chi connectivity index (χ4n) is 5.05. The molecule has 0 unspecified atom stereocenters. The Balaban J connectivity index is 1.29. The predicted octanol–water partition coefficient (Wildman–Crippen LogP) is 6.66. The van der Waals surface area contributed by atoms with Gasteiger partial charge in [0.1, 0.15) is 9.79 Å². The Bertz CT molecular complexity index is 2770. The normalized spacial score (nSPS) is 11.4. The van der Waals surface area contributed by atoms with Crippen LogP contribution < -0.4 is 30.7 Å². The monoisotopic (exact) mass is 878 g/mol. The molecule has 0 aliphatic rings. The summed E-state index contributed by atoms with van der Waals surface area (Å²) >= 11 is 0. The quantitative estimate of drug-likeness (QED) is 0.0256. The lowest BCUT2D eigenvalue weighted by Crippen LogP contribution is -2.13. The van der Waals surface area contributed by atoms with Crippen molar-refractivity contribution in [1.82, 2.24) is 29.9 Å². The zero-order valence-corrected chi connectivity index (χ0v) is 34.1. The molecule has 0 amide bonds. The number of benzene rings is 4. The number of esters is 2. The molecule has 0 saturated heterocycles. The zero-order chi connectivity index (χ0) is 44.6. The molecule has 2 heterocycles. The highest BCUT2D eigenvalue weighted by Crippen LogP contribution is 2.29. The van der Waals surface area contributed by atoms with Gasteiger partial charge in [-0.3, -0.25) is 9.11 Å². The van der Waals surface area contributed by atoms with Crippen molar-refractivity contribution in [1.29, 1.82) is 0 Å². The molecule has 20 nitrogen and oxygen atoms in total. The van der Waals surface area contributed by atoms with E-state index in [0.29, 0.717) is 11.4 Å². The van der Waals surface area contributed by atoms with E-state index in [2.05, 4.69) is 64.3 Å². The van der Waals surface area contributed by atoms with Crippen molar-refractivity contribution < 1.29 is 45.0 Å². The van der Waals surface area contributed by atoms with Gasteiger partial charge in [0.05, 0.1) is 0 Å². The highest BCUT2D eigenvalue weighted by Gasteiger charge is 2.20. The minimum absolute atomic E-state index is 0.0457. The van der Waals surface area contributed by atoms with Gasteiger partial charge < -0.3 is 30.7 Å². The van der Waals surface area contributed by atoms with Crippen LogP contribution in [0.15, 0.2) is 131 Å². The number of aromatic nitrogens is 6. The maximum Gasteiger partial charge on any atom is 0.340 e. The van der Waals surface area contributed by atoms with Crippen molar-refractivity contribution >= 4 is 90.9 Å². The second-order valence-corrected chi connectivity index (χ2v) is 15.7. The van der Waals surface area contributed by atoms with Gasteiger partial charge in [-0.2, -0.15) is 46.7 Å². The summed E-state index contributed by atoms with van der Waals surface area (Å²) in [6.45, 7) is 9.93. The van der Waals surface area contributed by atoms with E-state index in [1.807, 2.05) is 0 Å². The van der Waals surface area contributed by atoms with Crippen LogP contribution in [-0.2, 0) is 29.8 Å². The van der Waals surface area contributed by atoms with Crippen molar-refractivity contribution in [2.75, 3.05) is 21.3 Å². The third-order valence-electron chi connectivity index (χ3n) is 7.89. The van der Waals surface area contributed by atoms with Crippen LogP contribution in [-0.4, -0.2) is 67.8 Å². The molecule has 0 aliphatic heterocycles. The largest absolute Gasteiger partial charge is 0.387 e. The Kier molecular flexibility index (Phi) is 13.1. The molecule has 0 aliphatic carbocycles. The number of nitrogens with one attached hydrogen (secondary N) is 4. The van der Waals surface area contributed by atoms with Gasteiger partial charge in [-0.05, 0) is 73.5 Å².